The molecule has 0 aliphatic rings. The zero-order chi connectivity index (χ0) is 21.2. The first-order valence-corrected chi connectivity index (χ1v) is 10.7. The molecule has 0 saturated carbocycles. The number of rotatable bonds is 11. The largest absolute Gasteiger partial charge is 0.494 e. The first-order chi connectivity index (χ1) is 14.7. The van der Waals surface area contributed by atoms with Crippen LogP contribution in [0.2, 0.25) is 0 Å². The summed E-state index contributed by atoms with van der Waals surface area (Å²) in [5, 5.41) is 0. The molecule has 3 rings (SSSR count). The fourth-order valence-corrected chi connectivity index (χ4v) is 3.03. The van der Waals surface area contributed by atoms with Crippen molar-refractivity contribution in [2.24, 2.45) is 0 Å². The van der Waals surface area contributed by atoms with Crippen molar-refractivity contribution in [1.29, 1.82) is 0 Å². The number of nitrogens with zero attached hydrogens (tertiary/aromatic N) is 1. The van der Waals surface area contributed by atoms with Crippen LogP contribution in [-0.2, 0) is 4.79 Å². The zero-order valence-corrected chi connectivity index (χ0v) is 17.7. The van der Waals surface area contributed by atoms with Gasteiger partial charge in [-0.1, -0.05) is 39.5 Å². The molecule has 0 atom stereocenters. The van der Waals surface area contributed by atoms with Crippen LogP contribution in [0.15, 0.2) is 59.2 Å². The van der Waals surface area contributed by atoms with Gasteiger partial charge in [0, 0.05) is 17.5 Å². The van der Waals surface area contributed by atoms with Gasteiger partial charge in [-0.3, -0.25) is 4.79 Å². The van der Waals surface area contributed by atoms with Gasteiger partial charge in [-0.15, -0.1) is 0 Å². The van der Waals surface area contributed by atoms with Gasteiger partial charge < -0.3 is 13.9 Å². The minimum Gasteiger partial charge on any atom is -0.494 e. The quantitative estimate of drug-likeness (QED) is 0.202. The van der Waals surface area contributed by atoms with Crippen molar-refractivity contribution in [3.05, 3.63) is 54.8 Å². The number of carbonyl (C=O) groups is 1. The van der Waals surface area contributed by atoms with Gasteiger partial charge in [0.2, 0.25) is 5.89 Å². The Hall–Kier alpha value is -3.08. The van der Waals surface area contributed by atoms with E-state index in [4.69, 9.17) is 13.9 Å². The van der Waals surface area contributed by atoms with Crippen LogP contribution < -0.4 is 9.47 Å². The zero-order valence-electron chi connectivity index (χ0n) is 17.7. The lowest BCUT2D eigenvalue weighted by molar-refractivity contribution is -0.134. The van der Waals surface area contributed by atoms with E-state index in [0.717, 1.165) is 35.6 Å². The smallest absolute Gasteiger partial charge is 0.310 e. The van der Waals surface area contributed by atoms with Gasteiger partial charge in [-0.05, 0) is 55.0 Å². The van der Waals surface area contributed by atoms with Crippen molar-refractivity contribution >= 4 is 5.97 Å². The van der Waals surface area contributed by atoms with Crippen LogP contribution in [0.3, 0.4) is 0 Å². The van der Waals surface area contributed by atoms with Crippen LogP contribution >= 0.6 is 0 Å². The predicted molar refractivity (Wildman–Crippen MR) is 118 cm³/mol. The second-order valence-electron chi connectivity index (χ2n) is 7.18. The highest BCUT2D eigenvalue weighted by atomic mass is 16.5. The topological polar surface area (TPSA) is 61.6 Å². The molecular weight excluding hydrogens is 378 g/mol. The van der Waals surface area contributed by atoms with Crippen molar-refractivity contribution in [1.82, 2.24) is 4.98 Å². The summed E-state index contributed by atoms with van der Waals surface area (Å²) in [4.78, 5) is 15.9. The molecule has 30 heavy (non-hydrogen) atoms. The lowest BCUT2D eigenvalue weighted by Gasteiger charge is -2.06. The number of hydrogen-bond donors (Lipinski definition) is 0. The summed E-state index contributed by atoms with van der Waals surface area (Å²) in [6.45, 7) is 4.73. The van der Waals surface area contributed by atoms with Crippen LogP contribution in [0.5, 0.6) is 11.5 Å². The summed E-state index contributed by atoms with van der Waals surface area (Å²) < 4.78 is 16.7. The number of hydrogen-bond acceptors (Lipinski definition) is 5. The first kappa shape index (κ1) is 21.6. The Kier molecular flexibility index (Phi) is 8.07. The molecule has 0 saturated heterocycles. The third kappa shape index (κ3) is 6.21. The van der Waals surface area contributed by atoms with Gasteiger partial charge >= 0.3 is 5.97 Å². The molecule has 0 unspecified atom stereocenters. The molecule has 0 fully saturated rings. The number of oxazole rings is 1. The van der Waals surface area contributed by atoms with Gasteiger partial charge in [0.05, 0.1) is 6.61 Å². The van der Waals surface area contributed by atoms with Gasteiger partial charge in [0.15, 0.2) is 0 Å². The first-order valence-electron chi connectivity index (χ1n) is 10.7. The summed E-state index contributed by atoms with van der Waals surface area (Å²) in [5.41, 5.74) is 2.51. The van der Waals surface area contributed by atoms with Gasteiger partial charge in [0.25, 0.3) is 0 Å². The van der Waals surface area contributed by atoms with E-state index in [-0.39, 0.29) is 5.97 Å². The van der Waals surface area contributed by atoms with Crippen LogP contribution in [0.25, 0.3) is 22.7 Å². The van der Waals surface area contributed by atoms with Gasteiger partial charge in [-0.25, -0.2) is 4.98 Å². The third-order valence-electron chi connectivity index (χ3n) is 4.79. The van der Waals surface area contributed by atoms with E-state index in [9.17, 15) is 4.79 Å². The molecule has 0 aliphatic carbocycles. The minimum absolute atomic E-state index is 0.254. The molecule has 0 aliphatic heterocycles. The van der Waals surface area contributed by atoms with Crippen LogP contribution in [-0.4, -0.2) is 17.6 Å². The van der Waals surface area contributed by atoms with Crippen molar-refractivity contribution in [3.63, 3.8) is 0 Å². The van der Waals surface area contributed by atoms with E-state index in [1.54, 1.807) is 25.3 Å². The number of aromatic nitrogens is 1. The molecular formula is C25H29NO4. The van der Waals surface area contributed by atoms with Crippen LogP contribution in [0.1, 0.15) is 52.4 Å². The average molecular weight is 408 g/mol. The summed E-state index contributed by atoms with van der Waals surface area (Å²) in [6.07, 6.45) is 8.10. The lowest BCUT2D eigenvalue weighted by Crippen LogP contribution is -2.05. The van der Waals surface area contributed by atoms with E-state index in [1.165, 1.54) is 25.7 Å². The molecule has 0 amide bonds. The van der Waals surface area contributed by atoms with Crippen molar-refractivity contribution in [2.45, 2.75) is 52.4 Å². The third-order valence-corrected chi connectivity index (χ3v) is 4.79. The molecule has 0 N–H and O–H groups in total. The van der Waals surface area contributed by atoms with E-state index in [2.05, 4.69) is 11.9 Å². The molecule has 1 aromatic heterocycles. The second kappa shape index (κ2) is 11.2. The van der Waals surface area contributed by atoms with Crippen molar-refractivity contribution < 1.29 is 18.7 Å². The summed E-state index contributed by atoms with van der Waals surface area (Å²) in [5.74, 6) is 1.68. The monoisotopic (exact) mass is 407 g/mol. The molecule has 0 spiro atoms. The molecule has 3 aromatic rings. The van der Waals surface area contributed by atoms with Crippen LogP contribution in [0, 0.1) is 0 Å². The summed E-state index contributed by atoms with van der Waals surface area (Å²) >= 11 is 0. The van der Waals surface area contributed by atoms with Gasteiger partial charge in [0.1, 0.15) is 23.5 Å². The van der Waals surface area contributed by atoms with Gasteiger partial charge in [-0.2, -0.15) is 0 Å². The number of unbranched alkanes of at least 4 members (excludes halogenated alkanes) is 4. The Morgan fingerprint density at radius 2 is 1.53 bits per heavy atom. The minimum atomic E-state index is -0.254. The molecule has 1 heterocycles. The van der Waals surface area contributed by atoms with E-state index < -0.39 is 0 Å². The van der Waals surface area contributed by atoms with E-state index in [1.807, 2.05) is 36.4 Å². The number of esters is 1. The maximum Gasteiger partial charge on any atom is 0.310 e. The molecule has 2 aromatic carbocycles. The fraction of sp³-hybridized carbons (Fsp3) is 0.360. The predicted octanol–water partition coefficient (Wildman–Crippen LogP) is 6.67. The van der Waals surface area contributed by atoms with E-state index in [0.29, 0.717) is 18.1 Å². The highest BCUT2D eigenvalue weighted by Crippen LogP contribution is 2.27. The van der Waals surface area contributed by atoms with E-state index >= 15 is 0 Å². The van der Waals surface area contributed by atoms with Crippen molar-refractivity contribution in [2.75, 3.05) is 6.61 Å². The van der Waals surface area contributed by atoms with Crippen molar-refractivity contribution in [3.8, 4) is 34.2 Å². The second-order valence-corrected chi connectivity index (χ2v) is 7.18. The maximum atomic E-state index is 11.4. The summed E-state index contributed by atoms with van der Waals surface area (Å²) in [7, 11) is 0. The van der Waals surface area contributed by atoms with Crippen LogP contribution in [0.4, 0.5) is 0 Å². The Balaban J connectivity index is 1.56. The summed E-state index contributed by atoms with van der Waals surface area (Å²) in [6, 6.07) is 15.0. The SMILES string of the molecule is CCCCCCCOc1ccc(-c2nc(-c3ccc(OC(=O)CC)cc3)co2)cc1. The standard InChI is InChI=1S/C25H29NO4/c1-3-5-6-7-8-17-28-21-13-11-20(12-14-21)25-26-23(18-29-25)19-9-15-22(16-10-19)30-24(27)4-2/h9-16,18H,3-8,17H2,1-2H3. The average Bonchev–Trinajstić information content (AvgIpc) is 3.27. The lowest BCUT2D eigenvalue weighted by atomic mass is 10.1. The number of carbonyl (C=O) groups excluding carboxylic acids is 1. The Morgan fingerprint density at radius 3 is 2.23 bits per heavy atom. The molecule has 0 radical (unpaired) electrons. The molecule has 158 valence electrons. The normalized spacial score (nSPS) is 10.7. The highest BCUT2D eigenvalue weighted by Gasteiger charge is 2.10. The Morgan fingerprint density at radius 1 is 0.867 bits per heavy atom. The molecule has 5 nitrogen and oxygen atoms in total. The molecule has 0 bridgehead atoms. The molecule has 5 heteroatoms. The maximum absolute atomic E-state index is 11.4. The Bertz CT molecular complexity index is 913. The highest BCUT2D eigenvalue weighted by molar-refractivity contribution is 5.72. The Labute approximate surface area is 178 Å². The number of benzene rings is 2. The fourth-order valence-electron chi connectivity index (χ4n) is 3.03. The number of ether oxygens (including phenoxy) is 2.